The van der Waals surface area contributed by atoms with Crippen LogP contribution in [0.2, 0.25) is 0 Å². The normalized spacial score (nSPS) is 20.4. The number of hydrogen-bond acceptors (Lipinski definition) is 6. The highest BCUT2D eigenvalue weighted by atomic mass is 32.2. The number of aromatic nitrogens is 1. The number of sulfonamides is 1. The van der Waals surface area contributed by atoms with Crippen LogP contribution < -0.4 is 0 Å². The van der Waals surface area contributed by atoms with E-state index in [-0.39, 0.29) is 11.4 Å². The van der Waals surface area contributed by atoms with Gasteiger partial charge in [0.05, 0.1) is 18.0 Å². The Morgan fingerprint density at radius 1 is 1.30 bits per heavy atom. The van der Waals surface area contributed by atoms with E-state index in [1.165, 1.54) is 5.56 Å². The zero-order valence-corrected chi connectivity index (χ0v) is 17.5. The Morgan fingerprint density at radius 2 is 1.93 bits per heavy atom. The average molecular weight is 453 g/mol. The molecule has 8 nitrogen and oxygen atoms in total. The van der Waals surface area contributed by atoms with Gasteiger partial charge in [0, 0.05) is 45.1 Å². The molecule has 0 saturated carbocycles. The minimum absolute atomic E-state index is 0.175. The lowest BCUT2D eigenvalue weighted by Crippen LogP contribution is -2.57. The highest BCUT2D eigenvalue weighted by Gasteiger charge is 2.41. The van der Waals surface area contributed by atoms with Gasteiger partial charge in [-0.05, 0) is 31.4 Å². The molecule has 1 aromatic heterocycles. The van der Waals surface area contributed by atoms with E-state index < -0.39 is 22.2 Å². The van der Waals surface area contributed by atoms with Crippen molar-refractivity contribution in [2.75, 3.05) is 38.5 Å². The van der Waals surface area contributed by atoms with Crippen molar-refractivity contribution >= 4 is 16.0 Å². The first kappa shape index (κ1) is 24.5. The van der Waals surface area contributed by atoms with Gasteiger partial charge in [0.15, 0.2) is 0 Å². The molecule has 0 unspecified atom stereocenters. The van der Waals surface area contributed by atoms with Crippen molar-refractivity contribution in [2.24, 2.45) is 0 Å². The molecule has 1 spiro atoms. The number of rotatable bonds is 4. The molecule has 1 N–H and O–H groups in total. The van der Waals surface area contributed by atoms with E-state index in [0.29, 0.717) is 19.7 Å². The quantitative estimate of drug-likeness (QED) is 0.741. The topological polar surface area (TPSA) is 100 Å². The number of piperidine rings is 1. The Labute approximate surface area is 173 Å². The van der Waals surface area contributed by atoms with Gasteiger partial charge in [-0.3, -0.25) is 9.88 Å². The van der Waals surface area contributed by atoms with E-state index in [9.17, 15) is 21.6 Å². The minimum atomic E-state index is -5.08. The maximum atomic E-state index is 12.0. The lowest BCUT2D eigenvalue weighted by molar-refractivity contribution is -0.192. The van der Waals surface area contributed by atoms with Crippen molar-refractivity contribution in [1.82, 2.24) is 14.2 Å². The number of morpholine rings is 1. The van der Waals surface area contributed by atoms with Crippen LogP contribution in [-0.4, -0.2) is 84.0 Å². The van der Waals surface area contributed by atoms with Crippen LogP contribution in [0.3, 0.4) is 0 Å². The van der Waals surface area contributed by atoms with Crippen LogP contribution in [0.5, 0.6) is 0 Å². The number of halogens is 3. The van der Waals surface area contributed by atoms with Crippen molar-refractivity contribution in [3.05, 3.63) is 30.1 Å². The molecule has 0 aliphatic carbocycles. The zero-order valence-electron chi connectivity index (χ0n) is 16.6. The van der Waals surface area contributed by atoms with Gasteiger partial charge in [-0.2, -0.15) is 13.2 Å². The van der Waals surface area contributed by atoms with Crippen molar-refractivity contribution < 1.29 is 36.2 Å². The van der Waals surface area contributed by atoms with E-state index in [1.807, 2.05) is 12.3 Å². The smallest absolute Gasteiger partial charge is 0.475 e. The van der Waals surface area contributed by atoms with Crippen LogP contribution >= 0.6 is 0 Å². The molecule has 3 heterocycles. The second kappa shape index (κ2) is 10.0. The molecule has 0 aromatic carbocycles. The molecule has 0 amide bonds. The van der Waals surface area contributed by atoms with Crippen LogP contribution in [-0.2, 0) is 26.1 Å². The monoisotopic (exact) mass is 453 g/mol. The van der Waals surface area contributed by atoms with Crippen LogP contribution in [0.25, 0.3) is 0 Å². The second-order valence-electron chi connectivity index (χ2n) is 7.21. The van der Waals surface area contributed by atoms with Crippen molar-refractivity contribution in [3.63, 3.8) is 0 Å². The maximum absolute atomic E-state index is 12.0. The van der Waals surface area contributed by atoms with Gasteiger partial charge < -0.3 is 9.84 Å². The van der Waals surface area contributed by atoms with Crippen molar-refractivity contribution in [1.29, 1.82) is 0 Å². The first-order chi connectivity index (χ1) is 14.0. The number of carboxylic acid groups (broad SMARTS) is 1. The Hall–Kier alpha value is -1.76. The minimum Gasteiger partial charge on any atom is -0.475 e. The summed E-state index contributed by atoms with van der Waals surface area (Å²) in [5.41, 5.74) is 1.01. The second-order valence-corrected chi connectivity index (χ2v) is 9.46. The largest absolute Gasteiger partial charge is 0.490 e. The number of carbonyl (C=O) groups is 1. The summed E-state index contributed by atoms with van der Waals surface area (Å²) in [6.45, 7) is 6.19. The van der Waals surface area contributed by atoms with Crippen molar-refractivity contribution in [2.45, 2.75) is 38.1 Å². The summed E-state index contributed by atoms with van der Waals surface area (Å²) in [5.74, 6) is -2.58. The summed E-state index contributed by atoms with van der Waals surface area (Å²) in [6, 6.07) is 4.05. The fourth-order valence-electron chi connectivity index (χ4n) is 3.47. The fraction of sp³-hybridized carbons (Fsp3) is 0.667. The van der Waals surface area contributed by atoms with Crippen LogP contribution in [0.1, 0.15) is 25.3 Å². The van der Waals surface area contributed by atoms with Gasteiger partial charge in [0.1, 0.15) is 0 Å². The summed E-state index contributed by atoms with van der Waals surface area (Å²) in [5, 5.41) is 7.12. The molecule has 170 valence electrons. The predicted octanol–water partition coefficient (Wildman–Crippen LogP) is 1.73. The molecule has 2 aliphatic heterocycles. The van der Waals surface area contributed by atoms with Gasteiger partial charge in [-0.1, -0.05) is 6.07 Å². The molecular formula is C18H26F3N3O5S. The summed E-state index contributed by atoms with van der Waals surface area (Å²) in [6.07, 6.45) is 0.151. The molecule has 0 radical (unpaired) electrons. The van der Waals surface area contributed by atoms with Gasteiger partial charge in [-0.15, -0.1) is 0 Å². The standard InChI is InChI=1S/C16H25N3O3S.C2HF3O2/c1-2-23(20,21)19-8-5-16(6-9-19)14-18(10-11-22-16)13-15-4-3-7-17-12-15;3-2(4,5)1(6)7/h3-4,7,12H,2,5-6,8-11,13-14H2,1H3;(H,6,7). The summed E-state index contributed by atoms with van der Waals surface area (Å²) in [4.78, 5) is 15.5. The Morgan fingerprint density at radius 3 is 2.43 bits per heavy atom. The summed E-state index contributed by atoms with van der Waals surface area (Å²) in [7, 11) is -3.08. The van der Waals surface area contributed by atoms with E-state index in [4.69, 9.17) is 14.6 Å². The number of nitrogens with zero attached hydrogens (tertiary/aromatic N) is 3. The predicted molar refractivity (Wildman–Crippen MR) is 102 cm³/mol. The maximum Gasteiger partial charge on any atom is 0.490 e. The Kier molecular flexibility index (Phi) is 8.20. The summed E-state index contributed by atoms with van der Waals surface area (Å²) >= 11 is 0. The SMILES string of the molecule is CCS(=O)(=O)N1CCC2(CC1)CN(Cc1cccnc1)CCO2.O=C(O)C(F)(F)F. The molecule has 1 aromatic rings. The molecule has 12 heteroatoms. The third kappa shape index (κ3) is 6.89. The molecule has 2 fully saturated rings. The number of hydrogen-bond donors (Lipinski definition) is 1. The molecule has 2 aliphatic rings. The van der Waals surface area contributed by atoms with Gasteiger partial charge in [0.25, 0.3) is 0 Å². The molecule has 0 atom stereocenters. The zero-order chi connectivity index (χ0) is 22.4. The highest BCUT2D eigenvalue weighted by molar-refractivity contribution is 7.89. The first-order valence-corrected chi connectivity index (χ1v) is 11.1. The lowest BCUT2D eigenvalue weighted by atomic mass is 9.90. The van der Waals surface area contributed by atoms with Gasteiger partial charge >= 0.3 is 12.1 Å². The van der Waals surface area contributed by atoms with Gasteiger partial charge in [0.2, 0.25) is 10.0 Å². The van der Waals surface area contributed by atoms with E-state index in [0.717, 1.165) is 32.5 Å². The van der Waals surface area contributed by atoms with Gasteiger partial charge in [-0.25, -0.2) is 17.5 Å². The third-order valence-electron chi connectivity index (χ3n) is 5.09. The van der Waals surface area contributed by atoms with E-state index in [1.54, 1.807) is 17.4 Å². The number of alkyl halides is 3. The first-order valence-electron chi connectivity index (χ1n) is 9.50. The number of ether oxygens (including phenoxy) is 1. The molecule has 2 saturated heterocycles. The number of pyridine rings is 1. The molecular weight excluding hydrogens is 427 g/mol. The average Bonchev–Trinajstić information content (AvgIpc) is 2.69. The lowest BCUT2D eigenvalue weighted by Gasteiger charge is -2.47. The molecule has 3 rings (SSSR count). The van der Waals surface area contributed by atoms with E-state index in [2.05, 4.69) is 16.0 Å². The fourth-order valence-corrected chi connectivity index (χ4v) is 4.57. The number of carboxylic acids is 1. The van der Waals surface area contributed by atoms with E-state index >= 15 is 0 Å². The molecule has 0 bridgehead atoms. The summed E-state index contributed by atoms with van der Waals surface area (Å²) < 4.78 is 63.4. The molecule has 30 heavy (non-hydrogen) atoms. The Balaban J connectivity index is 0.000000396. The van der Waals surface area contributed by atoms with Crippen molar-refractivity contribution in [3.8, 4) is 0 Å². The third-order valence-corrected chi connectivity index (χ3v) is 6.97. The Bertz CT molecular complexity index is 797. The number of aliphatic carboxylic acids is 1. The van der Waals surface area contributed by atoms with Crippen LogP contribution in [0.15, 0.2) is 24.5 Å². The van der Waals surface area contributed by atoms with Crippen LogP contribution in [0.4, 0.5) is 13.2 Å². The van der Waals surface area contributed by atoms with Crippen LogP contribution in [0, 0.1) is 0 Å². The highest BCUT2D eigenvalue weighted by Crippen LogP contribution is 2.31.